The summed E-state index contributed by atoms with van der Waals surface area (Å²) in [5.74, 6) is 1.07. The number of ether oxygens (including phenoxy) is 1. The minimum atomic E-state index is -0.0216. The molecule has 124 valence electrons. The third-order valence-corrected chi connectivity index (χ3v) is 4.48. The van der Waals surface area contributed by atoms with E-state index in [1.165, 1.54) is 0 Å². The second kappa shape index (κ2) is 8.71. The Labute approximate surface area is 130 Å². The van der Waals surface area contributed by atoms with Gasteiger partial charge in [-0.1, -0.05) is 34.1 Å². The van der Waals surface area contributed by atoms with Gasteiger partial charge in [-0.2, -0.15) is 0 Å². The van der Waals surface area contributed by atoms with Crippen LogP contribution in [0.1, 0.15) is 34.1 Å². The van der Waals surface area contributed by atoms with Crippen molar-refractivity contribution in [2.24, 2.45) is 11.8 Å². The lowest BCUT2D eigenvalue weighted by Crippen LogP contribution is -2.44. The first-order chi connectivity index (χ1) is 9.92. The van der Waals surface area contributed by atoms with Gasteiger partial charge < -0.3 is 14.5 Å². The lowest BCUT2D eigenvalue weighted by molar-refractivity contribution is -0.131. The maximum atomic E-state index is 12.7. The Bertz CT molecular complexity index is 323. The fraction of sp³-hybridized carbons (Fsp3) is 0.938. The topological polar surface area (TPSA) is 44.8 Å². The first kappa shape index (κ1) is 18.4. The Balaban J connectivity index is 2.62. The van der Waals surface area contributed by atoms with Gasteiger partial charge in [-0.3, -0.25) is 10.1 Å². The highest BCUT2D eigenvalue weighted by molar-refractivity contribution is 5.84. The molecule has 1 amide bonds. The maximum Gasteiger partial charge on any atom is 0.241 e. The number of hydrogen-bond acceptors (Lipinski definition) is 4. The number of carbonyl (C=O) groups is 1. The van der Waals surface area contributed by atoms with E-state index in [1.54, 1.807) is 7.11 Å². The van der Waals surface area contributed by atoms with Gasteiger partial charge in [0.2, 0.25) is 5.91 Å². The van der Waals surface area contributed by atoms with Gasteiger partial charge >= 0.3 is 0 Å². The van der Waals surface area contributed by atoms with Gasteiger partial charge in [0, 0.05) is 26.7 Å². The van der Waals surface area contributed by atoms with E-state index in [0.29, 0.717) is 11.8 Å². The van der Waals surface area contributed by atoms with Gasteiger partial charge in [0.1, 0.15) is 0 Å². The molecule has 0 aromatic carbocycles. The van der Waals surface area contributed by atoms with Crippen molar-refractivity contribution in [2.45, 2.75) is 46.3 Å². The van der Waals surface area contributed by atoms with Crippen LogP contribution in [0.3, 0.4) is 0 Å². The van der Waals surface area contributed by atoms with E-state index in [4.69, 9.17) is 4.74 Å². The van der Waals surface area contributed by atoms with Crippen LogP contribution in [0.5, 0.6) is 0 Å². The van der Waals surface area contributed by atoms with Crippen molar-refractivity contribution >= 4 is 5.91 Å². The second-order valence-corrected chi connectivity index (χ2v) is 6.55. The van der Waals surface area contributed by atoms with Crippen molar-refractivity contribution < 1.29 is 9.53 Å². The molecule has 1 saturated heterocycles. The molecule has 21 heavy (non-hydrogen) atoms. The zero-order chi connectivity index (χ0) is 16.0. The molecule has 5 heteroatoms. The first-order valence-electron chi connectivity index (χ1n) is 8.16. The highest BCUT2D eigenvalue weighted by atomic mass is 16.5. The molecule has 1 aliphatic heterocycles. The van der Waals surface area contributed by atoms with Crippen LogP contribution in [0.25, 0.3) is 0 Å². The highest BCUT2D eigenvalue weighted by Crippen LogP contribution is 2.23. The molecular formula is C16H33N3O2. The molecule has 3 atom stereocenters. The van der Waals surface area contributed by atoms with Crippen LogP contribution in [-0.4, -0.2) is 68.3 Å². The van der Waals surface area contributed by atoms with E-state index >= 15 is 0 Å². The zero-order valence-electron chi connectivity index (χ0n) is 14.6. The fourth-order valence-electron chi connectivity index (χ4n) is 2.74. The van der Waals surface area contributed by atoms with Crippen LogP contribution in [0.15, 0.2) is 0 Å². The average molecular weight is 299 g/mol. The largest absolute Gasteiger partial charge is 0.383 e. The number of nitrogens with one attached hydrogen (secondary N) is 1. The van der Waals surface area contributed by atoms with E-state index in [2.05, 4.69) is 45.0 Å². The van der Waals surface area contributed by atoms with E-state index < -0.39 is 0 Å². The molecule has 0 spiro atoms. The van der Waals surface area contributed by atoms with Crippen molar-refractivity contribution in [3.63, 3.8) is 0 Å². The van der Waals surface area contributed by atoms with E-state index in [9.17, 15) is 4.79 Å². The molecule has 1 N–H and O–H groups in total. The number of carbonyl (C=O) groups excluding carboxylic acids is 1. The summed E-state index contributed by atoms with van der Waals surface area (Å²) < 4.78 is 5.09. The van der Waals surface area contributed by atoms with Crippen LogP contribution in [0.2, 0.25) is 0 Å². The van der Waals surface area contributed by atoms with Crippen molar-refractivity contribution in [3.05, 3.63) is 0 Å². The fourth-order valence-corrected chi connectivity index (χ4v) is 2.74. The highest BCUT2D eigenvalue weighted by Gasteiger charge is 2.41. The van der Waals surface area contributed by atoms with Crippen molar-refractivity contribution in [2.75, 3.05) is 40.4 Å². The van der Waals surface area contributed by atoms with Gasteiger partial charge in [-0.15, -0.1) is 0 Å². The quantitative estimate of drug-likeness (QED) is 0.699. The van der Waals surface area contributed by atoms with Crippen molar-refractivity contribution in [1.29, 1.82) is 0 Å². The van der Waals surface area contributed by atoms with E-state index in [0.717, 1.165) is 32.7 Å². The van der Waals surface area contributed by atoms with Gasteiger partial charge in [0.15, 0.2) is 0 Å². The summed E-state index contributed by atoms with van der Waals surface area (Å²) in [7, 11) is 3.79. The van der Waals surface area contributed by atoms with Gasteiger partial charge in [0.05, 0.1) is 18.8 Å². The summed E-state index contributed by atoms with van der Waals surface area (Å²) in [5, 5.41) is 3.54. The Morgan fingerprint density at radius 1 is 1.33 bits per heavy atom. The van der Waals surface area contributed by atoms with Crippen LogP contribution in [0, 0.1) is 11.8 Å². The summed E-state index contributed by atoms with van der Waals surface area (Å²) in [5.41, 5.74) is 0. The van der Waals surface area contributed by atoms with Crippen LogP contribution in [-0.2, 0) is 9.53 Å². The van der Waals surface area contributed by atoms with Crippen LogP contribution < -0.4 is 5.32 Å². The average Bonchev–Trinajstić information content (AvgIpc) is 2.79. The number of hydrogen-bond donors (Lipinski definition) is 1. The molecule has 1 rings (SSSR count). The lowest BCUT2D eigenvalue weighted by atomic mass is 9.99. The summed E-state index contributed by atoms with van der Waals surface area (Å²) in [6, 6.07) is -0.0216. The molecule has 1 aliphatic rings. The third-order valence-electron chi connectivity index (χ3n) is 4.48. The molecule has 1 fully saturated rings. The molecule has 0 radical (unpaired) electrons. The number of methoxy groups -OCH3 is 1. The van der Waals surface area contributed by atoms with Gasteiger partial charge in [0.25, 0.3) is 0 Å². The first-order valence-corrected chi connectivity index (χ1v) is 8.16. The lowest BCUT2D eigenvalue weighted by Gasteiger charge is -2.29. The SMILES string of the molecule is CCC(C)C1NC(C(C)C)N(CCN(C)CCOC)C1=O. The molecular weight excluding hydrogens is 266 g/mol. The standard InChI is InChI=1S/C16H33N3O2/c1-7-13(4)14-16(20)19(15(17-14)12(2)3)9-8-18(5)10-11-21-6/h12-15,17H,7-11H2,1-6H3. The molecule has 1 heterocycles. The number of amides is 1. The molecule has 3 unspecified atom stereocenters. The van der Waals surface area contributed by atoms with Gasteiger partial charge in [-0.25, -0.2) is 0 Å². The molecule has 0 aromatic heterocycles. The van der Waals surface area contributed by atoms with E-state index in [1.807, 2.05) is 4.90 Å². The molecule has 0 aliphatic carbocycles. The normalized spacial score (nSPS) is 24.4. The number of likely N-dealkylation sites (N-methyl/N-ethyl adjacent to an activating group) is 1. The maximum absolute atomic E-state index is 12.7. The predicted octanol–water partition coefficient (Wildman–Crippen LogP) is 1.39. The summed E-state index contributed by atoms with van der Waals surface area (Å²) in [4.78, 5) is 16.9. The Morgan fingerprint density at radius 3 is 2.52 bits per heavy atom. The summed E-state index contributed by atoms with van der Waals surface area (Å²) >= 11 is 0. The van der Waals surface area contributed by atoms with Crippen LogP contribution in [0.4, 0.5) is 0 Å². The Morgan fingerprint density at radius 2 is 2.00 bits per heavy atom. The smallest absolute Gasteiger partial charge is 0.241 e. The van der Waals surface area contributed by atoms with Crippen molar-refractivity contribution in [1.82, 2.24) is 15.1 Å². The Hall–Kier alpha value is -0.650. The minimum Gasteiger partial charge on any atom is -0.383 e. The monoisotopic (exact) mass is 299 g/mol. The number of nitrogens with zero attached hydrogens (tertiary/aromatic N) is 2. The third kappa shape index (κ3) is 4.94. The molecule has 0 aromatic rings. The molecule has 0 bridgehead atoms. The van der Waals surface area contributed by atoms with Crippen LogP contribution >= 0.6 is 0 Å². The van der Waals surface area contributed by atoms with Gasteiger partial charge in [-0.05, 0) is 18.9 Å². The van der Waals surface area contributed by atoms with E-state index in [-0.39, 0.29) is 18.1 Å². The molecule has 0 saturated carbocycles. The predicted molar refractivity (Wildman–Crippen MR) is 86.1 cm³/mol. The zero-order valence-corrected chi connectivity index (χ0v) is 14.6. The summed E-state index contributed by atoms with van der Waals surface area (Å²) in [6.45, 7) is 11.9. The van der Waals surface area contributed by atoms with Crippen molar-refractivity contribution in [3.8, 4) is 0 Å². The minimum absolute atomic E-state index is 0.0216. The Kier molecular flexibility index (Phi) is 7.63. The molecule has 5 nitrogen and oxygen atoms in total. The summed E-state index contributed by atoms with van der Waals surface area (Å²) in [6.07, 6.45) is 1.18. The number of rotatable bonds is 9. The second-order valence-electron chi connectivity index (χ2n) is 6.55.